The normalized spacial score (nSPS) is 11.5. The van der Waals surface area contributed by atoms with Gasteiger partial charge in [0.05, 0.1) is 0 Å². The van der Waals surface area contributed by atoms with Crippen LogP contribution in [0.25, 0.3) is 0 Å². The molecule has 42 valence electrons. The molecule has 0 amide bonds. The van der Waals surface area contributed by atoms with Gasteiger partial charge in [-0.15, -0.1) is 5.70 Å². The average molecular weight is 138 g/mol. The first kappa shape index (κ1) is 11.7. The summed E-state index contributed by atoms with van der Waals surface area (Å²) in [5.74, 6) is 0. The maximum absolute atomic E-state index is 10.8. The molecule has 0 unspecified atom stereocenters. The van der Waals surface area contributed by atoms with Gasteiger partial charge in [-0.25, -0.2) is 0 Å². The zero-order chi connectivity index (χ0) is 5.91. The summed E-state index contributed by atoms with van der Waals surface area (Å²) in [6.07, 6.45) is 1.83. The predicted octanol–water partition coefficient (Wildman–Crippen LogP) is -2.33. The molecule has 0 rings (SSSR count). The first-order valence-corrected chi connectivity index (χ1v) is 5.39. The van der Waals surface area contributed by atoms with Gasteiger partial charge in [0, 0.05) is 0 Å². The van der Waals surface area contributed by atoms with Crippen molar-refractivity contribution < 1.29 is 34.4 Å². The molecule has 0 aromatic carbocycles. The van der Waals surface area contributed by atoms with Crippen LogP contribution < -0.4 is 34.4 Å². The smallest absolute Gasteiger partial charge is 0.856 e. The fourth-order valence-corrected chi connectivity index (χ4v) is 1.20. The average Bonchev–Trinajstić information content (AvgIpc) is 1.30. The van der Waals surface area contributed by atoms with Crippen molar-refractivity contribution in [3.05, 3.63) is 11.8 Å². The van der Waals surface area contributed by atoms with E-state index < -0.39 is 8.32 Å². The van der Waals surface area contributed by atoms with Gasteiger partial charge >= 0.3 is 29.6 Å². The van der Waals surface area contributed by atoms with E-state index >= 15 is 0 Å². The first-order chi connectivity index (χ1) is 3.06. The van der Waals surface area contributed by atoms with Crippen molar-refractivity contribution in [2.75, 3.05) is 0 Å². The molecule has 0 spiro atoms. The molecule has 0 aromatic rings. The van der Waals surface area contributed by atoms with Crippen molar-refractivity contribution in [3.63, 3.8) is 0 Å². The van der Waals surface area contributed by atoms with Crippen LogP contribution >= 0.6 is 0 Å². The Hall–Kier alpha value is 0.917. The Morgan fingerprint density at radius 1 is 1.38 bits per heavy atom. The molecule has 0 aliphatic heterocycles. The van der Waals surface area contributed by atoms with Gasteiger partial charge in [0.1, 0.15) is 0 Å². The van der Waals surface area contributed by atoms with Crippen LogP contribution in [0, 0.1) is 0 Å². The van der Waals surface area contributed by atoms with Crippen LogP contribution in [-0.4, -0.2) is 8.32 Å². The summed E-state index contributed by atoms with van der Waals surface area (Å²) in [5.41, 5.74) is 1.77. The Kier molecular flexibility index (Phi) is 6.96. The van der Waals surface area contributed by atoms with Gasteiger partial charge in [-0.05, 0) is 15.2 Å². The van der Waals surface area contributed by atoms with Gasteiger partial charge < -0.3 is 4.80 Å². The maximum Gasteiger partial charge on any atom is 1.00 e. The van der Waals surface area contributed by atoms with E-state index in [-0.39, 0.29) is 29.6 Å². The summed E-state index contributed by atoms with van der Waals surface area (Å²) in [6, 6.07) is 0. The largest absolute Gasteiger partial charge is 1.00 e. The Bertz CT molecular complexity index is 75.0. The monoisotopic (exact) mass is 138 g/mol. The van der Waals surface area contributed by atoms with E-state index in [4.69, 9.17) is 0 Å². The predicted molar refractivity (Wildman–Crippen MR) is 32.3 cm³/mol. The topological polar surface area (TPSA) is 23.1 Å². The van der Waals surface area contributed by atoms with E-state index in [0.29, 0.717) is 0 Å². The first-order valence-electron chi connectivity index (χ1n) is 2.40. The van der Waals surface area contributed by atoms with Crippen molar-refractivity contribution in [2.24, 2.45) is 0 Å². The van der Waals surface area contributed by atoms with Crippen molar-refractivity contribution >= 4 is 8.32 Å². The Labute approximate surface area is 74.2 Å². The molecule has 0 heterocycles. The molecule has 0 saturated heterocycles. The van der Waals surface area contributed by atoms with Gasteiger partial charge in [-0.1, -0.05) is 19.2 Å². The third-order valence-corrected chi connectivity index (χ3v) is 1.70. The van der Waals surface area contributed by atoms with Crippen molar-refractivity contribution in [1.29, 1.82) is 0 Å². The molecule has 0 saturated carbocycles. The van der Waals surface area contributed by atoms with E-state index in [2.05, 4.69) is 0 Å². The molecular formula is C5H11NaOSi. The van der Waals surface area contributed by atoms with Crippen LogP contribution in [0.2, 0.25) is 13.1 Å². The summed E-state index contributed by atoms with van der Waals surface area (Å²) in [7, 11) is -2.09. The van der Waals surface area contributed by atoms with Crippen LogP contribution in [0.5, 0.6) is 0 Å². The standard InChI is InChI=1S/C5H11OSi.Na/c1-4-5-7(2,3)6;/h4-5H,1-3H3;/q-1;+1/b5-4+;. The SMILES string of the molecule is C/C=C/[Si](C)(C)[O-].[Na+]. The fraction of sp³-hybridized carbons (Fsp3) is 0.600. The molecule has 0 bridgehead atoms. The zero-order valence-electron chi connectivity index (χ0n) is 6.06. The van der Waals surface area contributed by atoms with E-state index in [1.165, 1.54) is 0 Å². The van der Waals surface area contributed by atoms with E-state index in [1.807, 2.05) is 13.0 Å². The van der Waals surface area contributed by atoms with Gasteiger partial charge in [-0.2, -0.15) is 0 Å². The van der Waals surface area contributed by atoms with Gasteiger partial charge in [0.15, 0.2) is 0 Å². The minimum Gasteiger partial charge on any atom is -0.856 e. The quantitative estimate of drug-likeness (QED) is 0.373. The molecule has 1 nitrogen and oxygen atoms in total. The molecular weight excluding hydrogens is 127 g/mol. The van der Waals surface area contributed by atoms with Crippen LogP contribution in [0.15, 0.2) is 11.8 Å². The summed E-state index contributed by atoms with van der Waals surface area (Å²) in [4.78, 5) is 10.8. The number of hydrogen-bond acceptors (Lipinski definition) is 1. The summed E-state index contributed by atoms with van der Waals surface area (Å²) in [5, 5.41) is 0. The minimum absolute atomic E-state index is 0. The van der Waals surface area contributed by atoms with E-state index in [1.54, 1.807) is 18.8 Å². The van der Waals surface area contributed by atoms with Gasteiger partial charge in [0.2, 0.25) is 0 Å². The zero-order valence-corrected chi connectivity index (χ0v) is 9.06. The fourth-order valence-electron chi connectivity index (χ4n) is 0.401. The third-order valence-electron chi connectivity index (χ3n) is 0.568. The summed E-state index contributed by atoms with van der Waals surface area (Å²) >= 11 is 0. The molecule has 0 atom stereocenters. The third kappa shape index (κ3) is 10.0. The van der Waals surface area contributed by atoms with Crippen molar-refractivity contribution in [3.8, 4) is 0 Å². The second-order valence-electron chi connectivity index (χ2n) is 2.10. The number of rotatable bonds is 1. The molecule has 0 aromatic heterocycles. The molecule has 0 N–H and O–H groups in total. The summed E-state index contributed by atoms with van der Waals surface area (Å²) < 4.78 is 0. The van der Waals surface area contributed by atoms with Crippen molar-refractivity contribution in [2.45, 2.75) is 20.0 Å². The maximum atomic E-state index is 10.8. The van der Waals surface area contributed by atoms with Gasteiger partial charge in [-0.3, -0.25) is 0 Å². The Morgan fingerprint density at radius 2 is 1.75 bits per heavy atom. The number of allylic oxidation sites excluding steroid dienone is 1. The second kappa shape index (κ2) is 4.76. The summed E-state index contributed by atoms with van der Waals surface area (Å²) in [6.45, 7) is 5.42. The van der Waals surface area contributed by atoms with E-state index in [9.17, 15) is 4.80 Å². The van der Waals surface area contributed by atoms with Crippen LogP contribution in [0.4, 0.5) is 0 Å². The van der Waals surface area contributed by atoms with Crippen LogP contribution in [0.3, 0.4) is 0 Å². The van der Waals surface area contributed by atoms with Crippen LogP contribution in [-0.2, 0) is 0 Å². The minimum atomic E-state index is -2.09. The molecule has 0 aliphatic carbocycles. The molecule has 0 fully saturated rings. The molecule has 0 aliphatic rings. The Morgan fingerprint density at radius 3 is 1.75 bits per heavy atom. The second-order valence-corrected chi connectivity index (χ2v) is 5.64. The number of hydrogen-bond donors (Lipinski definition) is 0. The molecule has 3 heteroatoms. The molecule has 8 heavy (non-hydrogen) atoms. The molecule has 0 radical (unpaired) electrons. The van der Waals surface area contributed by atoms with Crippen LogP contribution in [0.1, 0.15) is 6.92 Å². The van der Waals surface area contributed by atoms with Crippen molar-refractivity contribution in [1.82, 2.24) is 0 Å². The van der Waals surface area contributed by atoms with E-state index in [0.717, 1.165) is 0 Å². The van der Waals surface area contributed by atoms with Gasteiger partial charge in [0.25, 0.3) is 0 Å². The Balaban J connectivity index is 0.